The molecule has 0 saturated carbocycles. The highest BCUT2D eigenvalue weighted by Crippen LogP contribution is 2.34. The number of nitrogens with zero attached hydrogens (tertiary/aromatic N) is 3. The Morgan fingerprint density at radius 1 is 1.14 bits per heavy atom. The standard InChI is InChI=1S/C19H22N4O3S2/c1-13-10-15-18(20-12-21-19(15)27-13)22-14-6-7-16(26-2)17(11-14)28(24,25)23-8-4-3-5-9-23/h6-7,10-12H,3-5,8-9H2,1-2H3,(H,20,21,22). The molecule has 3 aromatic rings. The predicted molar refractivity (Wildman–Crippen MR) is 111 cm³/mol. The van der Waals surface area contributed by atoms with Crippen LogP contribution in [0.25, 0.3) is 10.2 Å². The van der Waals surface area contributed by atoms with Crippen molar-refractivity contribution in [3.8, 4) is 5.75 Å². The molecule has 0 spiro atoms. The van der Waals surface area contributed by atoms with Crippen LogP contribution in [0.2, 0.25) is 0 Å². The zero-order valence-corrected chi connectivity index (χ0v) is 17.4. The first-order valence-corrected chi connectivity index (χ1v) is 11.4. The van der Waals surface area contributed by atoms with E-state index in [2.05, 4.69) is 15.3 Å². The Balaban J connectivity index is 1.72. The molecule has 1 aliphatic heterocycles. The smallest absolute Gasteiger partial charge is 0.246 e. The third-order valence-electron chi connectivity index (χ3n) is 4.81. The highest BCUT2D eigenvalue weighted by molar-refractivity contribution is 7.89. The number of hydrogen-bond acceptors (Lipinski definition) is 7. The average Bonchev–Trinajstić information content (AvgIpc) is 3.10. The molecule has 4 rings (SSSR count). The van der Waals surface area contributed by atoms with Crippen molar-refractivity contribution in [2.24, 2.45) is 0 Å². The van der Waals surface area contributed by atoms with Gasteiger partial charge < -0.3 is 10.1 Å². The van der Waals surface area contributed by atoms with Gasteiger partial charge in [0, 0.05) is 23.7 Å². The highest BCUT2D eigenvalue weighted by Gasteiger charge is 2.29. The van der Waals surface area contributed by atoms with Gasteiger partial charge in [-0.15, -0.1) is 11.3 Å². The molecule has 1 aromatic carbocycles. The first-order valence-electron chi connectivity index (χ1n) is 9.15. The number of piperidine rings is 1. The van der Waals surface area contributed by atoms with Crippen LogP contribution in [0.5, 0.6) is 5.75 Å². The number of rotatable bonds is 5. The lowest BCUT2D eigenvalue weighted by Crippen LogP contribution is -2.35. The molecule has 0 radical (unpaired) electrons. The molecule has 1 N–H and O–H groups in total. The van der Waals surface area contributed by atoms with E-state index >= 15 is 0 Å². The number of aromatic nitrogens is 2. The van der Waals surface area contributed by atoms with Gasteiger partial charge in [-0.1, -0.05) is 6.42 Å². The number of ether oxygens (including phenoxy) is 1. The summed E-state index contributed by atoms with van der Waals surface area (Å²) in [6, 6.07) is 7.12. The topological polar surface area (TPSA) is 84.4 Å². The van der Waals surface area contributed by atoms with Crippen LogP contribution in [0.3, 0.4) is 0 Å². The number of hydrogen-bond donors (Lipinski definition) is 1. The van der Waals surface area contributed by atoms with Crippen molar-refractivity contribution < 1.29 is 13.2 Å². The van der Waals surface area contributed by atoms with Crippen molar-refractivity contribution in [1.29, 1.82) is 0 Å². The molecule has 0 unspecified atom stereocenters. The number of nitrogens with one attached hydrogen (secondary N) is 1. The highest BCUT2D eigenvalue weighted by atomic mass is 32.2. The monoisotopic (exact) mass is 418 g/mol. The van der Waals surface area contributed by atoms with Crippen molar-refractivity contribution in [2.75, 3.05) is 25.5 Å². The van der Waals surface area contributed by atoms with Gasteiger partial charge in [0.15, 0.2) is 0 Å². The van der Waals surface area contributed by atoms with Crippen LogP contribution in [0.4, 0.5) is 11.5 Å². The summed E-state index contributed by atoms with van der Waals surface area (Å²) < 4.78 is 33.3. The molecule has 28 heavy (non-hydrogen) atoms. The number of anilines is 2. The van der Waals surface area contributed by atoms with E-state index in [-0.39, 0.29) is 4.90 Å². The van der Waals surface area contributed by atoms with Gasteiger partial charge in [0.1, 0.15) is 27.6 Å². The molecule has 1 fully saturated rings. The van der Waals surface area contributed by atoms with Crippen LogP contribution in [-0.4, -0.2) is 42.9 Å². The Bertz CT molecular complexity index is 1110. The molecule has 0 bridgehead atoms. The van der Waals surface area contributed by atoms with Crippen LogP contribution >= 0.6 is 11.3 Å². The Labute approximate surface area is 168 Å². The normalized spacial score (nSPS) is 15.6. The van der Waals surface area contributed by atoms with E-state index < -0.39 is 10.0 Å². The maximum Gasteiger partial charge on any atom is 0.246 e. The van der Waals surface area contributed by atoms with Crippen molar-refractivity contribution in [3.63, 3.8) is 0 Å². The second kappa shape index (κ2) is 7.65. The van der Waals surface area contributed by atoms with Gasteiger partial charge in [-0.2, -0.15) is 4.31 Å². The fourth-order valence-corrected chi connectivity index (χ4v) is 5.96. The van der Waals surface area contributed by atoms with Crippen molar-refractivity contribution in [3.05, 3.63) is 35.5 Å². The minimum atomic E-state index is -3.62. The molecule has 1 aliphatic rings. The summed E-state index contributed by atoms with van der Waals surface area (Å²) in [4.78, 5) is 10.8. The van der Waals surface area contributed by atoms with E-state index in [1.807, 2.05) is 13.0 Å². The molecular formula is C19H22N4O3S2. The largest absolute Gasteiger partial charge is 0.495 e. The van der Waals surface area contributed by atoms with Gasteiger partial charge in [-0.3, -0.25) is 0 Å². The van der Waals surface area contributed by atoms with E-state index in [9.17, 15) is 8.42 Å². The summed E-state index contributed by atoms with van der Waals surface area (Å²) >= 11 is 1.60. The van der Waals surface area contributed by atoms with Crippen LogP contribution in [0.15, 0.2) is 35.5 Å². The maximum absolute atomic E-state index is 13.2. The molecule has 1 saturated heterocycles. The van der Waals surface area contributed by atoms with Gasteiger partial charge in [-0.05, 0) is 44.0 Å². The molecule has 0 aliphatic carbocycles. The third-order valence-corrected chi connectivity index (χ3v) is 7.69. The summed E-state index contributed by atoms with van der Waals surface area (Å²) in [6.45, 7) is 3.11. The number of thiophene rings is 1. The number of sulfonamides is 1. The quantitative estimate of drug-likeness (QED) is 0.676. The lowest BCUT2D eigenvalue weighted by molar-refractivity contribution is 0.343. The first-order chi connectivity index (χ1) is 13.5. The minimum Gasteiger partial charge on any atom is -0.495 e. The van der Waals surface area contributed by atoms with Gasteiger partial charge in [-0.25, -0.2) is 18.4 Å². The van der Waals surface area contributed by atoms with Gasteiger partial charge in [0.25, 0.3) is 0 Å². The molecule has 148 valence electrons. The second-order valence-electron chi connectivity index (χ2n) is 6.75. The van der Waals surface area contributed by atoms with Crippen molar-refractivity contribution in [2.45, 2.75) is 31.1 Å². The van der Waals surface area contributed by atoms with E-state index in [1.165, 1.54) is 13.4 Å². The summed E-state index contributed by atoms with van der Waals surface area (Å²) in [5.41, 5.74) is 0.639. The van der Waals surface area contributed by atoms with Crippen LogP contribution in [-0.2, 0) is 10.0 Å². The fraction of sp³-hybridized carbons (Fsp3) is 0.368. The summed E-state index contributed by atoms with van der Waals surface area (Å²) in [5.74, 6) is 0.996. The predicted octanol–water partition coefficient (Wildman–Crippen LogP) is 3.93. The van der Waals surface area contributed by atoms with Crippen LogP contribution in [0.1, 0.15) is 24.1 Å². The number of methoxy groups -OCH3 is 1. The van der Waals surface area contributed by atoms with Crippen LogP contribution < -0.4 is 10.1 Å². The molecule has 7 nitrogen and oxygen atoms in total. The zero-order valence-electron chi connectivity index (χ0n) is 15.8. The second-order valence-corrected chi connectivity index (χ2v) is 9.89. The van der Waals surface area contributed by atoms with Gasteiger partial charge in [0.2, 0.25) is 10.0 Å². The third kappa shape index (κ3) is 3.57. The minimum absolute atomic E-state index is 0.175. The van der Waals surface area contributed by atoms with Crippen LogP contribution in [0, 0.1) is 6.92 Å². The average molecular weight is 419 g/mol. The van der Waals surface area contributed by atoms with Gasteiger partial charge >= 0.3 is 0 Å². The maximum atomic E-state index is 13.2. The molecule has 2 aromatic heterocycles. The summed E-state index contributed by atoms with van der Waals surface area (Å²) in [6.07, 6.45) is 4.34. The lowest BCUT2D eigenvalue weighted by Gasteiger charge is -2.26. The summed E-state index contributed by atoms with van der Waals surface area (Å²) in [5, 5.41) is 4.16. The summed E-state index contributed by atoms with van der Waals surface area (Å²) in [7, 11) is -2.13. The Hall–Kier alpha value is -2.23. The molecule has 0 atom stereocenters. The lowest BCUT2D eigenvalue weighted by atomic mass is 10.2. The van der Waals surface area contributed by atoms with Crippen molar-refractivity contribution >= 4 is 43.1 Å². The SMILES string of the molecule is COc1ccc(Nc2ncnc3sc(C)cc23)cc1S(=O)(=O)N1CCCCC1. The number of benzene rings is 1. The van der Waals surface area contributed by atoms with E-state index in [0.717, 1.165) is 34.4 Å². The molecular weight excluding hydrogens is 396 g/mol. The zero-order chi connectivity index (χ0) is 19.7. The van der Waals surface area contributed by atoms with E-state index in [4.69, 9.17) is 4.74 Å². The Morgan fingerprint density at radius 2 is 1.93 bits per heavy atom. The van der Waals surface area contributed by atoms with Gasteiger partial charge in [0.05, 0.1) is 12.5 Å². The van der Waals surface area contributed by atoms with Crippen molar-refractivity contribution in [1.82, 2.24) is 14.3 Å². The fourth-order valence-electron chi connectivity index (χ4n) is 3.41. The molecule has 0 amide bonds. The van der Waals surface area contributed by atoms with E-state index in [1.54, 1.807) is 33.8 Å². The number of fused-ring (bicyclic) bond motifs is 1. The first kappa shape index (κ1) is 19.1. The number of aryl methyl sites for hydroxylation is 1. The molecule has 3 heterocycles. The Kier molecular flexibility index (Phi) is 5.22. The molecule has 9 heteroatoms. The Morgan fingerprint density at radius 3 is 2.68 bits per heavy atom. The van der Waals surface area contributed by atoms with E-state index in [0.29, 0.717) is 30.3 Å².